The molecule has 0 heterocycles. The fourth-order valence-electron chi connectivity index (χ4n) is 2.38. The van der Waals surface area contributed by atoms with E-state index in [2.05, 4.69) is 5.32 Å². The van der Waals surface area contributed by atoms with Crippen LogP contribution in [-0.4, -0.2) is 18.0 Å². The van der Waals surface area contributed by atoms with Crippen molar-refractivity contribution in [3.63, 3.8) is 0 Å². The summed E-state index contributed by atoms with van der Waals surface area (Å²) in [6.45, 7) is 4.38. The molecule has 2 aromatic carbocycles. The van der Waals surface area contributed by atoms with E-state index in [4.69, 9.17) is 10.5 Å². The fourth-order valence-corrected chi connectivity index (χ4v) is 2.38. The zero-order valence-electron chi connectivity index (χ0n) is 13.7. The summed E-state index contributed by atoms with van der Waals surface area (Å²) in [7, 11) is 0. The van der Waals surface area contributed by atoms with Crippen molar-refractivity contribution in [3.05, 3.63) is 65.7 Å². The lowest BCUT2D eigenvalue weighted by atomic mass is 10.1. The van der Waals surface area contributed by atoms with E-state index < -0.39 is 0 Å². The molecule has 122 valence electrons. The molecule has 23 heavy (non-hydrogen) atoms. The van der Waals surface area contributed by atoms with Crippen LogP contribution >= 0.6 is 0 Å². The Bertz CT molecular complexity index is 611. The summed E-state index contributed by atoms with van der Waals surface area (Å²) in [5.74, 6) is 0.519. The third-order valence-electron chi connectivity index (χ3n) is 3.67. The second kappa shape index (κ2) is 8.34. The molecule has 0 radical (unpaired) electrons. The van der Waals surface area contributed by atoms with Crippen molar-refractivity contribution in [2.45, 2.75) is 39.0 Å². The Kier molecular flexibility index (Phi) is 6.18. The first kappa shape index (κ1) is 17.0. The molecule has 2 aromatic rings. The molecule has 0 unspecified atom stereocenters. The highest BCUT2D eigenvalue weighted by Crippen LogP contribution is 2.15. The predicted octanol–water partition coefficient (Wildman–Crippen LogP) is 2.66. The molecule has 0 saturated heterocycles. The van der Waals surface area contributed by atoms with E-state index in [1.54, 1.807) is 6.92 Å². The van der Waals surface area contributed by atoms with Gasteiger partial charge >= 0.3 is 0 Å². The molecule has 0 aliphatic rings. The molecule has 0 aromatic heterocycles. The van der Waals surface area contributed by atoms with Crippen LogP contribution in [-0.2, 0) is 17.8 Å². The number of amides is 1. The monoisotopic (exact) mass is 312 g/mol. The maximum absolute atomic E-state index is 11.1. The minimum Gasteiger partial charge on any atom is -0.489 e. The lowest BCUT2D eigenvalue weighted by Crippen LogP contribution is -2.44. The lowest BCUT2D eigenvalue weighted by molar-refractivity contribution is -0.119. The van der Waals surface area contributed by atoms with E-state index in [-0.39, 0.29) is 18.0 Å². The van der Waals surface area contributed by atoms with E-state index in [1.165, 1.54) is 5.56 Å². The van der Waals surface area contributed by atoms with Crippen molar-refractivity contribution in [2.24, 2.45) is 5.73 Å². The predicted molar refractivity (Wildman–Crippen MR) is 92.2 cm³/mol. The van der Waals surface area contributed by atoms with E-state index >= 15 is 0 Å². The summed E-state index contributed by atoms with van der Waals surface area (Å²) >= 11 is 0. The van der Waals surface area contributed by atoms with Gasteiger partial charge in [-0.25, -0.2) is 0 Å². The normalized spacial score (nSPS) is 13.3. The average molecular weight is 312 g/mol. The summed E-state index contributed by atoms with van der Waals surface area (Å²) in [5.41, 5.74) is 7.60. The summed E-state index contributed by atoms with van der Waals surface area (Å²) in [6, 6.07) is 18.0. The number of benzene rings is 2. The van der Waals surface area contributed by atoms with Crippen molar-refractivity contribution in [1.82, 2.24) is 5.32 Å². The molecule has 0 fully saturated rings. The number of hydrogen-bond donors (Lipinski definition) is 2. The third kappa shape index (κ3) is 5.75. The minimum absolute atomic E-state index is 0.175. The summed E-state index contributed by atoms with van der Waals surface area (Å²) < 4.78 is 5.77. The number of nitrogens with two attached hydrogens (primary N) is 1. The molecule has 2 rings (SSSR count). The molecule has 0 aliphatic heterocycles. The van der Waals surface area contributed by atoms with Crippen LogP contribution in [0.15, 0.2) is 54.6 Å². The van der Waals surface area contributed by atoms with Gasteiger partial charge in [0, 0.05) is 6.04 Å². The van der Waals surface area contributed by atoms with Crippen LogP contribution < -0.4 is 15.8 Å². The van der Waals surface area contributed by atoms with E-state index in [0.29, 0.717) is 6.61 Å². The molecular weight excluding hydrogens is 288 g/mol. The first-order chi connectivity index (χ1) is 11.0. The second-order valence-electron chi connectivity index (χ2n) is 5.81. The number of carbonyl (C=O) groups excluding carboxylic acids is 1. The largest absolute Gasteiger partial charge is 0.489 e. The van der Waals surface area contributed by atoms with E-state index in [0.717, 1.165) is 17.7 Å². The quantitative estimate of drug-likeness (QED) is 0.787. The summed E-state index contributed by atoms with van der Waals surface area (Å²) in [4.78, 5) is 11.1. The van der Waals surface area contributed by atoms with Crippen molar-refractivity contribution in [2.75, 3.05) is 0 Å². The van der Waals surface area contributed by atoms with Gasteiger partial charge in [-0.1, -0.05) is 42.5 Å². The number of carbonyl (C=O) groups is 1. The van der Waals surface area contributed by atoms with Crippen molar-refractivity contribution >= 4 is 5.91 Å². The standard InChI is InChI=1S/C19H24N2O2/c1-14(21-15(2)19(20)22)12-16-8-10-18(11-9-16)23-13-17-6-4-3-5-7-17/h3-11,14-15,21H,12-13H2,1-2H3,(H2,20,22)/t14-,15-/m0/s1. The Morgan fingerprint density at radius 2 is 1.70 bits per heavy atom. The summed E-state index contributed by atoms with van der Waals surface area (Å²) in [5, 5.41) is 3.18. The van der Waals surface area contributed by atoms with Crippen LogP contribution in [0.1, 0.15) is 25.0 Å². The van der Waals surface area contributed by atoms with E-state index in [1.807, 2.05) is 61.5 Å². The maximum Gasteiger partial charge on any atom is 0.234 e. The van der Waals surface area contributed by atoms with Gasteiger partial charge in [0.15, 0.2) is 0 Å². The maximum atomic E-state index is 11.1. The van der Waals surface area contributed by atoms with Crippen LogP contribution in [0.5, 0.6) is 5.75 Å². The zero-order chi connectivity index (χ0) is 16.7. The van der Waals surface area contributed by atoms with Gasteiger partial charge in [-0.15, -0.1) is 0 Å². The van der Waals surface area contributed by atoms with Crippen LogP contribution in [0.2, 0.25) is 0 Å². The van der Waals surface area contributed by atoms with Crippen LogP contribution in [0.25, 0.3) is 0 Å². The molecule has 0 aliphatic carbocycles. The summed E-state index contributed by atoms with van der Waals surface area (Å²) in [6.07, 6.45) is 0.830. The number of primary amides is 1. The highest BCUT2D eigenvalue weighted by atomic mass is 16.5. The Hall–Kier alpha value is -2.33. The van der Waals surface area contributed by atoms with Crippen molar-refractivity contribution in [1.29, 1.82) is 0 Å². The van der Waals surface area contributed by atoms with Crippen LogP contribution in [0.4, 0.5) is 0 Å². The van der Waals surface area contributed by atoms with Gasteiger partial charge < -0.3 is 15.8 Å². The number of ether oxygens (including phenoxy) is 1. The van der Waals surface area contributed by atoms with Gasteiger partial charge in [-0.2, -0.15) is 0 Å². The van der Waals surface area contributed by atoms with Crippen molar-refractivity contribution in [3.8, 4) is 5.75 Å². The molecule has 1 amide bonds. The smallest absolute Gasteiger partial charge is 0.234 e. The first-order valence-electron chi connectivity index (χ1n) is 7.85. The Morgan fingerprint density at radius 3 is 2.30 bits per heavy atom. The highest BCUT2D eigenvalue weighted by molar-refractivity contribution is 5.79. The van der Waals surface area contributed by atoms with Gasteiger partial charge in [-0.3, -0.25) is 4.79 Å². The molecule has 3 N–H and O–H groups in total. The van der Waals surface area contributed by atoms with Crippen LogP contribution in [0.3, 0.4) is 0 Å². The van der Waals surface area contributed by atoms with E-state index in [9.17, 15) is 4.79 Å². The SMILES string of the molecule is C[C@H](N[C@@H](C)Cc1ccc(OCc2ccccc2)cc1)C(N)=O. The Balaban J connectivity index is 1.83. The molecule has 4 nitrogen and oxygen atoms in total. The Morgan fingerprint density at radius 1 is 1.04 bits per heavy atom. The fraction of sp³-hybridized carbons (Fsp3) is 0.316. The van der Waals surface area contributed by atoms with Crippen molar-refractivity contribution < 1.29 is 9.53 Å². The van der Waals surface area contributed by atoms with Gasteiger partial charge in [0.1, 0.15) is 12.4 Å². The number of nitrogens with one attached hydrogen (secondary N) is 1. The molecule has 0 saturated carbocycles. The number of rotatable bonds is 8. The van der Waals surface area contributed by atoms with Gasteiger partial charge in [0.25, 0.3) is 0 Å². The first-order valence-corrected chi connectivity index (χ1v) is 7.85. The molecular formula is C19H24N2O2. The van der Waals surface area contributed by atoms with Gasteiger partial charge in [0.05, 0.1) is 6.04 Å². The van der Waals surface area contributed by atoms with Gasteiger partial charge in [0.2, 0.25) is 5.91 Å². The van der Waals surface area contributed by atoms with Crippen LogP contribution in [0, 0.1) is 0 Å². The topological polar surface area (TPSA) is 64.3 Å². The van der Waals surface area contributed by atoms with Gasteiger partial charge in [-0.05, 0) is 43.5 Å². The molecule has 4 heteroatoms. The molecule has 0 bridgehead atoms. The molecule has 0 spiro atoms. The molecule has 2 atom stereocenters. The zero-order valence-corrected chi connectivity index (χ0v) is 13.7. The second-order valence-corrected chi connectivity index (χ2v) is 5.81. The Labute approximate surface area is 137 Å². The average Bonchev–Trinajstić information content (AvgIpc) is 2.55. The number of hydrogen-bond acceptors (Lipinski definition) is 3. The highest BCUT2D eigenvalue weighted by Gasteiger charge is 2.12. The minimum atomic E-state index is -0.332. The lowest BCUT2D eigenvalue weighted by Gasteiger charge is -2.17. The third-order valence-corrected chi connectivity index (χ3v) is 3.67.